The molecule has 0 aliphatic carbocycles. The second kappa shape index (κ2) is 13.2. The van der Waals surface area contributed by atoms with E-state index in [2.05, 4.69) is 26.6 Å². The molecule has 0 unspecified atom stereocenters. The number of anilines is 1. The number of benzene rings is 3. The van der Waals surface area contributed by atoms with Crippen LogP contribution < -0.4 is 20.1 Å². The van der Waals surface area contributed by atoms with Crippen LogP contribution in [-0.2, 0) is 22.6 Å². The number of amides is 4. The summed E-state index contributed by atoms with van der Waals surface area (Å²) in [5.41, 5.74) is 3.02. The number of rotatable bonds is 10. The molecular weight excluding hydrogens is 621 g/mol. The average molecular weight is 647 g/mol. The summed E-state index contributed by atoms with van der Waals surface area (Å²) >= 11 is 15.6. The summed E-state index contributed by atoms with van der Waals surface area (Å²) in [6.07, 6.45) is 2.24. The lowest BCUT2D eigenvalue weighted by atomic mass is 10.1. The van der Waals surface area contributed by atoms with E-state index in [1.54, 1.807) is 30.3 Å². The first-order chi connectivity index (χ1) is 19.2. The lowest BCUT2D eigenvalue weighted by Gasteiger charge is -2.15. The number of ether oxygens (including phenoxy) is 2. The fourth-order valence-electron chi connectivity index (χ4n) is 4.02. The minimum absolute atomic E-state index is 0.0329. The van der Waals surface area contributed by atoms with Gasteiger partial charge < -0.3 is 20.1 Å². The molecule has 0 saturated carbocycles. The van der Waals surface area contributed by atoms with Gasteiger partial charge in [0.2, 0.25) is 5.91 Å². The van der Waals surface area contributed by atoms with Crippen molar-refractivity contribution in [2.24, 2.45) is 0 Å². The van der Waals surface area contributed by atoms with Gasteiger partial charge in [-0.25, -0.2) is 9.69 Å². The Hall–Kier alpha value is -3.53. The third-order valence-corrected chi connectivity index (χ3v) is 7.27. The molecule has 0 aromatic heterocycles. The summed E-state index contributed by atoms with van der Waals surface area (Å²) in [6, 6.07) is 15.3. The number of para-hydroxylation sites is 1. The highest BCUT2D eigenvalue weighted by atomic mass is 79.9. The number of nitrogens with zero attached hydrogens (tertiary/aromatic N) is 1. The second-order valence-electron chi connectivity index (χ2n) is 8.74. The molecule has 3 aromatic carbocycles. The molecule has 1 fully saturated rings. The van der Waals surface area contributed by atoms with Crippen LogP contribution in [0.1, 0.15) is 30.5 Å². The summed E-state index contributed by atoms with van der Waals surface area (Å²) in [6.45, 7) is 3.97. The van der Waals surface area contributed by atoms with Crippen LogP contribution in [-0.4, -0.2) is 35.9 Å². The highest BCUT2D eigenvalue weighted by molar-refractivity contribution is 9.10. The SMILES string of the molecule is CCOc1cc(/C=C2/NC(=O)N(CC(=O)Nc3ccccc3CC)C2=O)cc(Br)c1OCc1ccc(Cl)c(Cl)c1. The third-order valence-electron chi connectivity index (χ3n) is 5.95. The molecule has 0 radical (unpaired) electrons. The van der Waals surface area contributed by atoms with Crippen molar-refractivity contribution in [3.63, 3.8) is 0 Å². The van der Waals surface area contributed by atoms with Crippen LogP contribution in [0.25, 0.3) is 6.08 Å². The largest absolute Gasteiger partial charge is 0.490 e. The summed E-state index contributed by atoms with van der Waals surface area (Å²) in [4.78, 5) is 39.1. The monoisotopic (exact) mass is 645 g/mol. The number of aryl methyl sites for hydroxylation is 1. The normalized spacial score (nSPS) is 13.9. The van der Waals surface area contributed by atoms with Crippen LogP contribution in [0.2, 0.25) is 10.0 Å². The molecule has 0 atom stereocenters. The van der Waals surface area contributed by atoms with Crippen LogP contribution >= 0.6 is 39.1 Å². The van der Waals surface area contributed by atoms with Crippen molar-refractivity contribution < 1.29 is 23.9 Å². The van der Waals surface area contributed by atoms with Crippen molar-refractivity contribution in [2.45, 2.75) is 26.9 Å². The molecular formula is C29H26BrCl2N3O5. The molecule has 0 bridgehead atoms. The lowest BCUT2D eigenvalue weighted by Crippen LogP contribution is -2.38. The number of urea groups is 1. The number of hydrogen-bond donors (Lipinski definition) is 2. The summed E-state index contributed by atoms with van der Waals surface area (Å²) < 4.78 is 12.4. The van der Waals surface area contributed by atoms with Crippen molar-refractivity contribution >= 4 is 68.7 Å². The van der Waals surface area contributed by atoms with E-state index in [0.717, 1.165) is 22.4 Å². The number of carbonyl (C=O) groups is 3. The summed E-state index contributed by atoms with van der Waals surface area (Å²) in [7, 11) is 0. The van der Waals surface area contributed by atoms with E-state index in [9.17, 15) is 14.4 Å². The fraction of sp³-hybridized carbons (Fsp3) is 0.207. The van der Waals surface area contributed by atoms with Crippen molar-refractivity contribution in [1.82, 2.24) is 10.2 Å². The van der Waals surface area contributed by atoms with E-state index in [0.29, 0.717) is 43.9 Å². The van der Waals surface area contributed by atoms with E-state index in [1.807, 2.05) is 38.1 Å². The fourth-order valence-corrected chi connectivity index (χ4v) is 4.92. The zero-order valence-corrected chi connectivity index (χ0v) is 24.8. The van der Waals surface area contributed by atoms with Gasteiger partial charge >= 0.3 is 6.03 Å². The first-order valence-electron chi connectivity index (χ1n) is 12.5. The van der Waals surface area contributed by atoms with Gasteiger partial charge in [-0.15, -0.1) is 0 Å². The van der Waals surface area contributed by atoms with Crippen LogP contribution in [0.3, 0.4) is 0 Å². The van der Waals surface area contributed by atoms with E-state index < -0.39 is 24.4 Å². The molecule has 1 aliphatic rings. The van der Waals surface area contributed by atoms with Gasteiger partial charge in [-0.1, -0.05) is 54.4 Å². The Morgan fingerprint density at radius 2 is 1.82 bits per heavy atom. The van der Waals surface area contributed by atoms with E-state index in [1.165, 1.54) is 6.08 Å². The zero-order valence-electron chi connectivity index (χ0n) is 21.7. The van der Waals surface area contributed by atoms with Crippen LogP contribution in [0.5, 0.6) is 11.5 Å². The minimum Gasteiger partial charge on any atom is -0.490 e. The molecule has 1 heterocycles. The molecule has 4 rings (SSSR count). The second-order valence-corrected chi connectivity index (χ2v) is 10.4. The molecule has 2 N–H and O–H groups in total. The van der Waals surface area contributed by atoms with Gasteiger partial charge in [-0.05, 0) is 82.4 Å². The first-order valence-corrected chi connectivity index (χ1v) is 14.0. The Balaban J connectivity index is 1.49. The zero-order chi connectivity index (χ0) is 28.8. The van der Waals surface area contributed by atoms with Crippen molar-refractivity contribution in [3.8, 4) is 11.5 Å². The molecule has 208 valence electrons. The minimum atomic E-state index is -0.680. The number of nitrogens with one attached hydrogen (secondary N) is 2. The molecule has 40 heavy (non-hydrogen) atoms. The van der Waals surface area contributed by atoms with E-state index in [-0.39, 0.29) is 12.3 Å². The molecule has 1 saturated heterocycles. The van der Waals surface area contributed by atoms with Gasteiger partial charge in [0.15, 0.2) is 11.5 Å². The third kappa shape index (κ3) is 6.96. The number of hydrogen-bond acceptors (Lipinski definition) is 5. The number of halogens is 3. The maximum absolute atomic E-state index is 13.0. The highest BCUT2D eigenvalue weighted by Crippen LogP contribution is 2.38. The quantitative estimate of drug-likeness (QED) is 0.186. The molecule has 11 heteroatoms. The Morgan fingerprint density at radius 3 is 2.55 bits per heavy atom. The maximum Gasteiger partial charge on any atom is 0.329 e. The van der Waals surface area contributed by atoms with Crippen LogP contribution in [0.4, 0.5) is 10.5 Å². The van der Waals surface area contributed by atoms with Gasteiger partial charge in [-0.2, -0.15) is 0 Å². The Morgan fingerprint density at radius 1 is 1.05 bits per heavy atom. The molecule has 4 amide bonds. The van der Waals surface area contributed by atoms with Crippen molar-refractivity contribution in [2.75, 3.05) is 18.5 Å². The Kier molecular flexibility index (Phi) is 9.73. The summed E-state index contributed by atoms with van der Waals surface area (Å²) in [5.74, 6) is -0.192. The lowest BCUT2D eigenvalue weighted by molar-refractivity contribution is -0.127. The molecule has 0 spiro atoms. The summed E-state index contributed by atoms with van der Waals surface area (Å²) in [5, 5.41) is 6.20. The van der Waals surface area contributed by atoms with Crippen molar-refractivity contribution in [1.29, 1.82) is 0 Å². The van der Waals surface area contributed by atoms with Crippen LogP contribution in [0.15, 0.2) is 64.8 Å². The Labute approximate surface area is 250 Å². The predicted molar refractivity (Wildman–Crippen MR) is 159 cm³/mol. The van der Waals surface area contributed by atoms with Gasteiger partial charge in [0.25, 0.3) is 5.91 Å². The van der Waals surface area contributed by atoms with Crippen LogP contribution in [0, 0.1) is 0 Å². The van der Waals surface area contributed by atoms with Crippen molar-refractivity contribution in [3.05, 3.63) is 91.5 Å². The molecule has 8 nitrogen and oxygen atoms in total. The number of carbonyl (C=O) groups excluding carboxylic acids is 3. The van der Waals surface area contributed by atoms with E-state index in [4.69, 9.17) is 32.7 Å². The van der Waals surface area contributed by atoms with E-state index >= 15 is 0 Å². The Bertz CT molecular complexity index is 1490. The standard InChI is InChI=1S/C29H26BrCl2N3O5/c1-3-19-7-5-6-8-23(19)33-26(36)15-35-28(37)24(34-29(35)38)13-18-11-20(30)27(25(14-18)39-4-2)40-16-17-9-10-21(31)22(32)12-17/h5-14H,3-4,15-16H2,1-2H3,(H,33,36)(H,34,38)/b24-13+. The van der Waals surface area contributed by atoms with Gasteiger partial charge in [-0.3, -0.25) is 9.59 Å². The molecule has 3 aromatic rings. The van der Waals surface area contributed by atoms with Gasteiger partial charge in [0.05, 0.1) is 21.1 Å². The van der Waals surface area contributed by atoms with Gasteiger partial charge in [0, 0.05) is 5.69 Å². The maximum atomic E-state index is 13.0. The highest BCUT2D eigenvalue weighted by Gasteiger charge is 2.35. The molecule has 1 aliphatic heterocycles. The smallest absolute Gasteiger partial charge is 0.329 e. The first kappa shape index (κ1) is 29.5. The number of imide groups is 1. The predicted octanol–water partition coefficient (Wildman–Crippen LogP) is 6.83. The topological polar surface area (TPSA) is 97.0 Å². The average Bonchev–Trinajstić information content (AvgIpc) is 3.17. The van der Waals surface area contributed by atoms with Gasteiger partial charge in [0.1, 0.15) is 18.8 Å².